The van der Waals surface area contributed by atoms with Crippen LogP contribution in [0.4, 0.5) is 5.82 Å². The molecule has 0 spiro atoms. The average Bonchev–Trinajstić information content (AvgIpc) is 3.62. The number of hydrogen-bond acceptors (Lipinski definition) is 8. The molecule has 0 atom stereocenters. The minimum atomic E-state index is -3.75. The Balaban J connectivity index is 0.00000149. The smallest absolute Gasteiger partial charge is 0.256 e. The fraction of sp³-hybridized carbons (Fsp3) is 0.478. The zero-order valence-corrected chi connectivity index (χ0v) is 20.1. The third kappa shape index (κ3) is 5.53. The van der Waals surface area contributed by atoms with Crippen molar-refractivity contribution in [3.63, 3.8) is 0 Å². The summed E-state index contributed by atoms with van der Waals surface area (Å²) in [6.07, 6.45) is 6.68. The van der Waals surface area contributed by atoms with Crippen molar-refractivity contribution in [2.75, 3.05) is 17.9 Å². The van der Waals surface area contributed by atoms with Gasteiger partial charge in [0.15, 0.2) is 5.82 Å². The molecule has 0 radical (unpaired) electrons. The van der Waals surface area contributed by atoms with Crippen molar-refractivity contribution < 1.29 is 19.3 Å². The molecule has 1 saturated carbocycles. The predicted octanol–water partition coefficient (Wildman–Crippen LogP) is 3.52. The van der Waals surface area contributed by atoms with Crippen molar-refractivity contribution >= 4 is 26.7 Å². The van der Waals surface area contributed by atoms with E-state index < -0.39 is 14.8 Å². The lowest BCUT2D eigenvalue weighted by atomic mass is 10.2. The molecule has 0 bridgehead atoms. The molecule has 1 fully saturated rings. The van der Waals surface area contributed by atoms with E-state index in [4.69, 9.17) is 9.47 Å². The van der Waals surface area contributed by atoms with Crippen LogP contribution in [-0.2, 0) is 28.4 Å². The zero-order chi connectivity index (χ0) is 24.1. The molecular weight excluding hydrogens is 458 g/mol. The molecule has 10 nitrogen and oxygen atoms in total. The highest BCUT2D eigenvalue weighted by molar-refractivity contribution is 7.94. The van der Waals surface area contributed by atoms with Gasteiger partial charge in [0, 0.05) is 44.6 Å². The third-order valence-corrected chi connectivity index (χ3v) is 7.42. The quantitative estimate of drug-likeness (QED) is 0.480. The number of anilines is 1. The van der Waals surface area contributed by atoms with E-state index in [1.807, 2.05) is 20.8 Å². The monoisotopic (exact) mass is 493 g/mol. The lowest BCUT2D eigenvalue weighted by Gasteiger charge is -2.19. The van der Waals surface area contributed by atoms with Gasteiger partial charge in [-0.2, -0.15) is 0 Å². The second kappa shape index (κ2) is 11.4. The number of nitrogens with zero attached hydrogens (tertiary/aromatic N) is 4. The van der Waals surface area contributed by atoms with Crippen LogP contribution >= 0.6 is 0 Å². The fourth-order valence-electron chi connectivity index (χ4n) is 3.32. The van der Waals surface area contributed by atoms with Crippen LogP contribution in [0, 0.1) is 0 Å². The summed E-state index contributed by atoms with van der Waals surface area (Å²) in [4.78, 5) is 24.8. The van der Waals surface area contributed by atoms with Crippen LogP contribution in [0.1, 0.15) is 48.0 Å². The number of rotatable bonds is 9. The van der Waals surface area contributed by atoms with Gasteiger partial charge in [0.25, 0.3) is 5.56 Å². The minimum absolute atomic E-state index is 0. The highest BCUT2D eigenvalue weighted by atomic mass is 32.2. The van der Waals surface area contributed by atoms with Crippen molar-refractivity contribution in [3.8, 4) is 5.88 Å². The van der Waals surface area contributed by atoms with Gasteiger partial charge in [0.1, 0.15) is 16.9 Å². The summed E-state index contributed by atoms with van der Waals surface area (Å²) in [5, 5.41) is 0.757. The first-order valence-corrected chi connectivity index (χ1v) is 12.3. The van der Waals surface area contributed by atoms with Gasteiger partial charge in [0.05, 0.1) is 12.8 Å². The Morgan fingerprint density at radius 3 is 2.56 bits per heavy atom. The number of sulfonamides is 1. The topological polar surface area (TPSA) is 125 Å². The Labute approximate surface area is 201 Å². The summed E-state index contributed by atoms with van der Waals surface area (Å²) in [7, 11) is -2.12. The normalized spacial score (nSPS) is 13.9. The molecule has 0 unspecified atom stereocenters. The molecule has 0 aromatic carbocycles. The number of pyridine rings is 2. The molecule has 4 rings (SSSR count). The summed E-state index contributed by atoms with van der Waals surface area (Å²) in [5.74, 6) is 0.363. The molecule has 3 aromatic rings. The van der Waals surface area contributed by atoms with Gasteiger partial charge in [-0.3, -0.25) is 14.5 Å². The lowest BCUT2D eigenvalue weighted by molar-refractivity contribution is 0.133. The van der Waals surface area contributed by atoms with E-state index in [0.717, 1.165) is 5.39 Å². The van der Waals surface area contributed by atoms with Gasteiger partial charge in [-0.25, -0.2) is 18.4 Å². The number of hydrogen-bond donors (Lipinski definition) is 1. The molecule has 1 N–H and O–H groups in total. The number of fused-ring (bicyclic) bond motifs is 1. The first kappa shape index (κ1) is 27.2. The predicted molar refractivity (Wildman–Crippen MR) is 135 cm³/mol. The van der Waals surface area contributed by atoms with Crippen LogP contribution in [0.25, 0.3) is 10.9 Å². The zero-order valence-electron chi connectivity index (χ0n) is 19.2. The largest absolute Gasteiger partial charge is 0.474 e. The molecule has 0 amide bonds. The Kier molecular flexibility index (Phi) is 9.11. The number of aromatic nitrogens is 4. The maximum Gasteiger partial charge on any atom is 0.256 e. The van der Waals surface area contributed by atoms with Crippen molar-refractivity contribution in [2.24, 2.45) is 7.05 Å². The Bertz CT molecular complexity index is 1260. The molecule has 3 aromatic heterocycles. The lowest BCUT2D eigenvalue weighted by Crippen LogP contribution is -2.35. The third-order valence-electron chi connectivity index (χ3n) is 5.28. The fourth-order valence-corrected chi connectivity index (χ4v) is 4.77. The van der Waals surface area contributed by atoms with E-state index in [1.165, 1.54) is 23.2 Å². The van der Waals surface area contributed by atoms with Gasteiger partial charge >= 0.3 is 0 Å². The maximum absolute atomic E-state index is 12.9. The highest BCUT2D eigenvalue weighted by Gasteiger charge is 2.56. The van der Waals surface area contributed by atoms with Crippen LogP contribution < -0.4 is 15.0 Å². The van der Waals surface area contributed by atoms with Gasteiger partial charge in [0.2, 0.25) is 15.9 Å². The standard InChI is InChI=1S/C20H23N5O5S.C2H6.CH4.H2/c1-3-29-12-15-10-14-4-7-23-18(17(14)25(2)19(15)26)30-13-20(5-6-20)31(27,28)24-16-11-21-8-9-22-16;1-2;;/h4,7-11H,3,5-6,12-13H2,1-2H3,(H,22,24);1-2H3;1H4;1H. The first-order chi connectivity index (χ1) is 15.9. The second-order valence-electron chi connectivity index (χ2n) is 7.39. The summed E-state index contributed by atoms with van der Waals surface area (Å²) in [5.41, 5.74) is 0.822. The van der Waals surface area contributed by atoms with Crippen LogP contribution in [0.5, 0.6) is 5.88 Å². The molecule has 188 valence electrons. The van der Waals surface area contributed by atoms with Gasteiger partial charge in [-0.1, -0.05) is 21.3 Å². The summed E-state index contributed by atoms with van der Waals surface area (Å²) >= 11 is 0. The van der Waals surface area contributed by atoms with Gasteiger partial charge in [-0.15, -0.1) is 0 Å². The molecule has 0 saturated heterocycles. The number of ether oxygens (including phenoxy) is 2. The average molecular weight is 494 g/mol. The minimum Gasteiger partial charge on any atom is -0.474 e. The highest BCUT2D eigenvalue weighted by Crippen LogP contribution is 2.44. The maximum atomic E-state index is 12.9. The van der Waals surface area contributed by atoms with Crippen molar-refractivity contribution in [1.82, 2.24) is 19.5 Å². The van der Waals surface area contributed by atoms with Crippen LogP contribution in [0.2, 0.25) is 0 Å². The van der Waals surface area contributed by atoms with Gasteiger partial charge < -0.3 is 14.0 Å². The van der Waals surface area contributed by atoms with Crippen LogP contribution in [0.15, 0.2) is 41.7 Å². The van der Waals surface area contributed by atoms with Crippen molar-refractivity contribution in [2.45, 2.75) is 52.4 Å². The van der Waals surface area contributed by atoms with Crippen molar-refractivity contribution in [1.29, 1.82) is 0 Å². The van der Waals surface area contributed by atoms with E-state index in [2.05, 4.69) is 19.7 Å². The van der Waals surface area contributed by atoms with E-state index in [1.54, 1.807) is 25.4 Å². The van der Waals surface area contributed by atoms with Gasteiger partial charge in [-0.05, 0) is 31.9 Å². The molecule has 0 aliphatic heterocycles. The molecular formula is C23H35N5O5S. The van der Waals surface area contributed by atoms with E-state index >= 15 is 0 Å². The first-order valence-electron chi connectivity index (χ1n) is 10.8. The van der Waals surface area contributed by atoms with Crippen LogP contribution in [0.3, 0.4) is 0 Å². The molecule has 1 aliphatic rings. The molecule has 11 heteroatoms. The SMILES string of the molecule is C.CC.CCOCc1cc2ccnc(OCC3(S(=O)(=O)Nc4cnccn4)CC3)c2n(C)c1=O.[HH]. The van der Waals surface area contributed by atoms with E-state index in [-0.39, 0.29) is 39.3 Å². The Morgan fingerprint density at radius 2 is 1.94 bits per heavy atom. The summed E-state index contributed by atoms with van der Waals surface area (Å²) in [6.45, 7) is 6.49. The Morgan fingerprint density at radius 1 is 1.21 bits per heavy atom. The van der Waals surface area contributed by atoms with E-state index in [9.17, 15) is 13.2 Å². The summed E-state index contributed by atoms with van der Waals surface area (Å²) in [6, 6.07) is 3.53. The second-order valence-corrected chi connectivity index (χ2v) is 9.47. The van der Waals surface area contributed by atoms with Crippen LogP contribution in [-0.4, -0.2) is 45.9 Å². The number of nitrogens with one attached hydrogen (secondary N) is 1. The molecule has 1 aliphatic carbocycles. The van der Waals surface area contributed by atoms with Crippen molar-refractivity contribution in [3.05, 3.63) is 52.8 Å². The van der Waals surface area contributed by atoms with E-state index in [0.29, 0.717) is 30.5 Å². The molecule has 34 heavy (non-hydrogen) atoms. The Hall–Kier alpha value is -3.05. The summed E-state index contributed by atoms with van der Waals surface area (Å²) < 4.78 is 39.9. The number of aryl methyl sites for hydroxylation is 1. The molecule has 3 heterocycles.